The molecule has 4 heteroatoms. The summed E-state index contributed by atoms with van der Waals surface area (Å²) in [6.45, 7) is 2.12. The molecular formula is C9H13N3O. The van der Waals surface area contributed by atoms with Gasteiger partial charge in [0.2, 0.25) is 5.88 Å². The van der Waals surface area contributed by atoms with Crippen LogP contribution in [0.5, 0.6) is 5.88 Å². The Kier molecular flexibility index (Phi) is 1.73. The van der Waals surface area contributed by atoms with Gasteiger partial charge in [-0.1, -0.05) is 6.92 Å². The highest BCUT2D eigenvalue weighted by atomic mass is 16.5. The van der Waals surface area contributed by atoms with E-state index in [2.05, 4.69) is 17.1 Å². The number of ether oxygens (including phenoxy) is 1. The minimum Gasteiger partial charge on any atom is -0.480 e. The lowest BCUT2D eigenvalue weighted by atomic mass is 10.1. The number of aromatic nitrogens is 2. The van der Waals surface area contributed by atoms with Gasteiger partial charge in [0, 0.05) is 6.07 Å². The third-order valence-corrected chi connectivity index (χ3v) is 2.69. The predicted octanol–water partition coefficient (Wildman–Crippen LogP) is 0.679. The highest BCUT2D eigenvalue weighted by Crippen LogP contribution is 2.48. The number of methoxy groups -OCH3 is 1. The van der Waals surface area contributed by atoms with Gasteiger partial charge in [-0.25, -0.2) is 0 Å². The van der Waals surface area contributed by atoms with Crippen molar-refractivity contribution in [3.8, 4) is 5.88 Å². The van der Waals surface area contributed by atoms with E-state index in [0.29, 0.717) is 11.8 Å². The van der Waals surface area contributed by atoms with Crippen LogP contribution in [0, 0.1) is 5.92 Å². The average Bonchev–Trinajstić information content (AvgIpc) is 2.76. The zero-order valence-electron chi connectivity index (χ0n) is 7.82. The van der Waals surface area contributed by atoms with Gasteiger partial charge in [0.1, 0.15) is 0 Å². The molecule has 2 unspecified atom stereocenters. The van der Waals surface area contributed by atoms with Crippen molar-refractivity contribution in [2.24, 2.45) is 11.7 Å². The van der Waals surface area contributed by atoms with Gasteiger partial charge >= 0.3 is 0 Å². The first-order valence-electron chi connectivity index (χ1n) is 4.34. The first kappa shape index (κ1) is 8.44. The highest BCUT2D eigenvalue weighted by Gasteiger charge is 2.50. The zero-order valence-corrected chi connectivity index (χ0v) is 7.82. The van der Waals surface area contributed by atoms with Crippen LogP contribution in [-0.2, 0) is 5.54 Å². The van der Waals surface area contributed by atoms with Crippen molar-refractivity contribution in [1.82, 2.24) is 10.2 Å². The summed E-state index contributed by atoms with van der Waals surface area (Å²) in [6.07, 6.45) is 0.994. The van der Waals surface area contributed by atoms with E-state index in [1.165, 1.54) is 0 Å². The molecule has 1 saturated carbocycles. The Bertz CT molecular complexity index is 311. The Morgan fingerprint density at radius 2 is 2.23 bits per heavy atom. The monoisotopic (exact) mass is 179 g/mol. The van der Waals surface area contributed by atoms with Crippen LogP contribution in [0.2, 0.25) is 0 Å². The largest absolute Gasteiger partial charge is 0.480 e. The summed E-state index contributed by atoms with van der Waals surface area (Å²) in [5, 5.41) is 7.92. The zero-order chi connectivity index (χ0) is 9.47. The lowest BCUT2D eigenvalue weighted by molar-refractivity contribution is 0.389. The fourth-order valence-electron chi connectivity index (χ4n) is 1.48. The summed E-state index contributed by atoms with van der Waals surface area (Å²) >= 11 is 0. The molecule has 1 aliphatic rings. The van der Waals surface area contributed by atoms with Crippen molar-refractivity contribution >= 4 is 0 Å². The summed E-state index contributed by atoms with van der Waals surface area (Å²) < 4.78 is 4.91. The second kappa shape index (κ2) is 2.67. The maximum atomic E-state index is 6.06. The number of nitrogens with two attached hydrogens (primary N) is 1. The van der Waals surface area contributed by atoms with Crippen LogP contribution >= 0.6 is 0 Å². The molecule has 0 radical (unpaired) electrons. The molecule has 0 aliphatic heterocycles. The topological polar surface area (TPSA) is 61.0 Å². The van der Waals surface area contributed by atoms with Gasteiger partial charge < -0.3 is 10.5 Å². The van der Waals surface area contributed by atoms with Gasteiger partial charge in [-0.05, 0) is 18.4 Å². The SMILES string of the molecule is COc1ccc(C2(N)CC2C)nn1. The molecule has 1 fully saturated rings. The summed E-state index contributed by atoms with van der Waals surface area (Å²) in [6, 6.07) is 3.68. The normalized spacial score (nSPS) is 31.5. The molecule has 0 aromatic carbocycles. The van der Waals surface area contributed by atoms with E-state index in [9.17, 15) is 0 Å². The minimum atomic E-state index is -0.237. The standard InChI is InChI=1S/C9H13N3O/c1-6-5-9(6,10)7-3-4-8(13-2)12-11-7/h3-4,6H,5,10H2,1-2H3. The Balaban J connectivity index is 2.24. The number of hydrogen-bond donors (Lipinski definition) is 1. The average molecular weight is 179 g/mol. The molecule has 70 valence electrons. The van der Waals surface area contributed by atoms with Gasteiger partial charge in [0.05, 0.1) is 18.3 Å². The summed E-state index contributed by atoms with van der Waals surface area (Å²) in [7, 11) is 1.57. The molecule has 1 heterocycles. The van der Waals surface area contributed by atoms with Crippen LogP contribution in [0.25, 0.3) is 0 Å². The molecule has 13 heavy (non-hydrogen) atoms. The van der Waals surface area contributed by atoms with Crippen LogP contribution in [0.15, 0.2) is 12.1 Å². The van der Waals surface area contributed by atoms with E-state index < -0.39 is 0 Å². The van der Waals surface area contributed by atoms with Crippen molar-refractivity contribution in [1.29, 1.82) is 0 Å². The first-order valence-corrected chi connectivity index (χ1v) is 4.34. The van der Waals surface area contributed by atoms with E-state index in [1.54, 1.807) is 13.2 Å². The maximum absolute atomic E-state index is 6.06. The molecule has 0 saturated heterocycles. The van der Waals surface area contributed by atoms with Crippen LogP contribution in [0.3, 0.4) is 0 Å². The first-order chi connectivity index (χ1) is 6.16. The molecule has 4 nitrogen and oxygen atoms in total. The third kappa shape index (κ3) is 1.27. The molecule has 0 spiro atoms. The van der Waals surface area contributed by atoms with Gasteiger partial charge in [-0.15, -0.1) is 10.2 Å². The molecule has 2 N–H and O–H groups in total. The van der Waals surface area contributed by atoms with Gasteiger partial charge in [-0.2, -0.15) is 0 Å². The van der Waals surface area contributed by atoms with E-state index in [-0.39, 0.29) is 5.54 Å². The quantitative estimate of drug-likeness (QED) is 0.725. The second-order valence-corrected chi connectivity index (χ2v) is 3.61. The summed E-state index contributed by atoms with van der Waals surface area (Å²) in [5.74, 6) is 1.04. The van der Waals surface area contributed by atoms with Gasteiger partial charge in [0.15, 0.2) is 0 Å². The van der Waals surface area contributed by atoms with E-state index in [1.807, 2.05) is 6.07 Å². The molecule has 0 amide bonds. The van der Waals surface area contributed by atoms with Crippen molar-refractivity contribution < 1.29 is 4.74 Å². The maximum Gasteiger partial charge on any atom is 0.233 e. The van der Waals surface area contributed by atoms with Crippen molar-refractivity contribution in [2.45, 2.75) is 18.9 Å². The van der Waals surface area contributed by atoms with E-state index >= 15 is 0 Å². The molecule has 2 atom stereocenters. The summed E-state index contributed by atoms with van der Waals surface area (Å²) in [4.78, 5) is 0. The van der Waals surface area contributed by atoms with E-state index in [4.69, 9.17) is 10.5 Å². The van der Waals surface area contributed by atoms with E-state index in [0.717, 1.165) is 12.1 Å². The molecule has 1 aromatic rings. The smallest absolute Gasteiger partial charge is 0.233 e. The number of nitrogens with zero attached hydrogens (tertiary/aromatic N) is 2. The van der Waals surface area contributed by atoms with Gasteiger partial charge in [0.25, 0.3) is 0 Å². The predicted molar refractivity (Wildman–Crippen MR) is 48.2 cm³/mol. The second-order valence-electron chi connectivity index (χ2n) is 3.61. The molecule has 0 bridgehead atoms. The highest BCUT2D eigenvalue weighted by molar-refractivity contribution is 5.25. The Labute approximate surface area is 77.1 Å². The van der Waals surface area contributed by atoms with Crippen molar-refractivity contribution in [3.05, 3.63) is 17.8 Å². The number of rotatable bonds is 2. The molecular weight excluding hydrogens is 166 g/mol. The van der Waals surface area contributed by atoms with Gasteiger partial charge in [-0.3, -0.25) is 0 Å². The van der Waals surface area contributed by atoms with Crippen LogP contribution in [0.4, 0.5) is 0 Å². The van der Waals surface area contributed by atoms with Crippen LogP contribution in [-0.4, -0.2) is 17.3 Å². The molecule has 1 aliphatic carbocycles. The minimum absolute atomic E-state index is 0.237. The Morgan fingerprint density at radius 1 is 1.54 bits per heavy atom. The Morgan fingerprint density at radius 3 is 2.62 bits per heavy atom. The van der Waals surface area contributed by atoms with Crippen LogP contribution < -0.4 is 10.5 Å². The Hall–Kier alpha value is -1.16. The fourth-order valence-corrected chi connectivity index (χ4v) is 1.48. The van der Waals surface area contributed by atoms with Crippen LogP contribution in [0.1, 0.15) is 19.0 Å². The lowest BCUT2D eigenvalue weighted by Crippen LogP contribution is -2.23. The van der Waals surface area contributed by atoms with Crippen molar-refractivity contribution in [3.63, 3.8) is 0 Å². The molecule has 1 aromatic heterocycles. The van der Waals surface area contributed by atoms with Crippen molar-refractivity contribution in [2.75, 3.05) is 7.11 Å². The summed E-state index contributed by atoms with van der Waals surface area (Å²) in [5.41, 5.74) is 6.68. The lowest BCUT2D eigenvalue weighted by Gasteiger charge is -2.08. The molecule has 2 rings (SSSR count). The fraction of sp³-hybridized carbons (Fsp3) is 0.556. The third-order valence-electron chi connectivity index (χ3n) is 2.69. The number of hydrogen-bond acceptors (Lipinski definition) is 4.